The van der Waals surface area contributed by atoms with E-state index in [1.807, 2.05) is 0 Å². The Morgan fingerprint density at radius 1 is 1.61 bits per heavy atom. The highest BCUT2D eigenvalue weighted by atomic mass is 35.5. The van der Waals surface area contributed by atoms with Crippen molar-refractivity contribution in [2.45, 2.75) is 6.42 Å². The van der Waals surface area contributed by atoms with Gasteiger partial charge in [0.1, 0.15) is 0 Å². The number of hydrogen-bond donors (Lipinski definition) is 2. The first-order valence-corrected chi connectivity index (χ1v) is 5.26. The molecule has 0 fully saturated rings. The molecule has 0 saturated heterocycles. The molecule has 1 aromatic rings. The molecule has 0 aliphatic rings. The molecule has 0 bridgehead atoms. The molecule has 7 heteroatoms. The molecule has 1 aromatic carbocycles. The van der Waals surface area contributed by atoms with Crippen molar-refractivity contribution in [3.63, 3.8) is 0 Å². The van der Waals surface area contributed by atoms with Crippen molar-refractivity contribution >= 4 is 23.3 Å². The van der Waals surface area contributed by atoms with E-state index in [-0.39, 0.29) is 22.8 Å². The molecule has 0 unspecified atom stereocenters. The third-order valence-electron chi connectivity index (χ3n) is 2.00. The number of nitrogens with two attached hydrogens (primary N) is 1. The van der Waals surface area contributed by atoms with Gasteiger partial charge in [0, 0.05) is 28.5 Å². The fourth-order valence-corrected chi connectivity index (χ4v) is 1.42. The number of azide groups is 1. The minimum Gasteiger partial charge on any atom is -0.478 e. The van der Waals surface area contributed by atoms with E-state index < -0.39 is 5.97 Å². The smallest absolute Gasteiger partial charge is 0.337 e. The van der Waals surface area contributed by atoms with Crippen molar-refractivity contribution in [1.82, 2.24) is 0 Å². The van der Waals surface area contributed by atoms with Gasteiger partial charge in [0.05, 0.1) is 11.3 Å². The second-order valence-corrected chi connectivity index (χ2v) is 3.66. The minimum absolute atomic E-state index is 0.0724. The molecule has 1 rings (SSSR count). The van der Waals surface area contributed by atoms with Crippen molar-refractivity contribution < 1.29 is 9.90 Å². The number of carbonyl (C=O) groups is 1. The number of hydrogen-bond acceptors (Lipinski definition) is 3. The third-order valence-corrected chi connectivity index (χ3v) is 2.22. The fourth-order valence-electron chi connectivity index (χ4n) is 1.21. The van der Waals surface area contributed by atoms with Crippen LogP contribution in [0.15, 0.2) is 17.2 Å². The molecule has 0 amide bonds. The van der Waals surface area contributed by atoms with Crippen LogP contribution in [0.1, 0.15) is 22.3 Å². The molecule has 3 N–H and O–H groups in total. The lowest BCUT2D eigenvalue weighted by atomic mass is 10.1. The van der Waals surface area contributed by atoms with Crippen LogP contribution in [-0.2, 0) is 0 Å². The number of halogens is 1. The molecule has 0 aromatic heterocycles. The third kappa shape index (κ3) is 3.59. The Morgan fingerprint density at radius 3 is 2.94 bits per heavy atom. The highest BCUT2D eigenvalue weighted by Gasteiger charge is 2.11. The van der Waals surface area contributed by atoms with Gasteiger partial charge in [0.2, 0.25) is 0 Å². The first kappa shape index (κ1) is 13.7. The summed E-state index contributed by atoms with van der Waals surface area (Å²) >= 11 is 5.78. The minimum atomic E-state index is -1.16. The molecular weight excluding hydrogens is 256 g/mol. The van der Waals surface area contributed by atoms with Gasteiger partial charge in [-0.3, -0.25) is 0 Å². The van der Waals surface area contributed by atoms with Gasteiger partial charge in [-0.25, -0.2) is 4.79 Å². The SMILES string of the molecule is [N-]=[N+]=NCCC#Cc1cc(Cl)cc(C(=O)O)c1N. The highest BCUT2D eigenvalue weighted by Crippen LogP contribution is 2.22. The molecule has 0 atom stereocenters. The molecule has 0 heterocycles. The first-order chi connectivity index (χ1) is 8.56. The highest BCUT2D eigenvalue weighted by molar-refractivity contribution is 6.31. The number of carboxylic acid groups (broad SMARTS) is 1. The van der Waals surface area contributed by atoms with Crippen LogP contribution >= 0.6 is 11.6 Å². The van der Waals surface area contributed by atoms with Crippen molar-refractivity contribution in [3.8, 4) is 11.8 Å². The Hall–Kier alpha value is -2.35. The summed E-state index contributed by atoms with van der Waals surface area (Å²) in [4.78, 5) is 13.5. The van der Waals surface area contributed by atoms with Gasteiger partial charge in [-0.05, 0) is 17.7 Å². The summed E-state index contributed by atoms with van der Waals surface area (Å²) in [6.07, 6.45) is 0.360. The summed E-state index contributed by atoms with van der Waals surface area (Å²) < 4.78 is 0. The van der Waals surface area contributed by atoms with E-state index in [4.69, 9.17) is 28.0 Å². The molecule has 0 aliphatic carbocycles. The number of carboxylic acids is 1. The molecule has 0 spiro atoms. The fraction of sp³-hybridized carbons (Fsp3) is 0.182. The topological polar surface area (TPSA) is 112 Å². The maximum absolute atomic E-state index is 10.9. The lowest BCUT2D eigenvalue weighted by Crippen LogP contribution is -2.04. The second-order valence-electron chi connectivity index (χ2n) is 3.23. The number of aromatic carboxylic acids is 1. The predicted molar refractivity (Wildman–Crippen MR) is 68.3 cm³/mol. The van der Waals surface area contributed by atoms with Crippen molar-refractivity contribution in [3.05, 3.63) is 38.7 Å². The molecule has 0 saturated carbocycles. The van der Waals surface area contributed by atoms with Crippen LogP contribution in [0.5, 0.6) is 0 Å². The predicted octanol–water partition coefficient (Wildman–Crippen LogP) is 2.67. The van der Waals surface area contributed by atoms with Gasteiger partial charge in [0.15, 0.2) is 0 Å². The molecule has 18 heavy (non-hydrogen) atoms. The number of benzene rings is 1. The van der Waals surface area contributed by atoms with Crippen molar-refractivity contribution in [2.24, 2.45) is 5.11 Å². The maximum Gasteiger partial charge on any atom is 0.337 e. The van der Waals surface area contributed by atoms with Crippen LogP contribution in [0.25, 0.3) is 10.4 Å². The average molecular weight is 265 g/mol. The molecule has 92 valence electrons. The Bertz CT molecular complexity index is 583. The van der Waals surface area contributed by atoms with Gasteiger partial charge in [-0.2, -0.15) is 0 Å². The summed E-state index contributed by atoms with van der Waals surface area (Å²) in [6, 6.07) is 2.76. The average Bonchev–Trinajstić information content (AvgIpc) is 2.32. The number of nitrogens with zero attached hydrogens (tertiary/aromatic N) is 3. The van der Waals surface area contributed by atoms with Crippen LogP contribution in [0, 0.1) is 11.8 Å². The zero-order chi connectivity index (χ0) is 13.5. The van der Waals surface area contributed by atoms with E-state index >= 15 is 0 Å². The summed E-state index contributed by atoms with van der Waals surface area (Å²) in [6.45, 7) is 0.246. The largest absolute Gasteiger partial charge is 0.478 e. The standard InChI is InChI=1S/C11H9ClN4O2/c12-8-5-7(3-1-2-4-15-16-14)10(13)9(6-8)11(17)18/h5-6H,2,4,13H2,(H,17,18). The van der Waals surface area contributed by atoms with Crippen LogP contribution in [-0.4, -0.2) is 17.6 Å². The molecular formula is C11H9ClN4O2. The van der Waals surface area contributed by atoms with Gasteiger partial charge in [0.25, 0.3) is 0 Å². The second kappa shape index (κ2) is 6.40. The van der Waals surface area contributed by atoms with Crippen LogP contribution < -0.4 is 5.73 Å². The maximum atomic E-state index is 10.9. The Kier molecular flexibility index (Phi) is 4.88. The van der Waals surface area contributed by atoms with E-state index in [2.05, 4.69) is 21.9 Å². The van der Waals surface area contributed by atoms with E-state index in [1.165, 1.54) is 12.1 Å². The monoisotopic (exact) mass is 264 g/mol. The van der Waals surface area contributed by atoms with E-state index in [1.54, 1.807) is 0 Å². The number of anilines is 1. The molecule has 6 nitrogen and oxygen atoms in total. The Balaban J connectivity index is 3.02. The number of nitrogen functional groups attached to an aromatic ring is 1. The Morgan fingerprint density at radius 2 is 2.33 bits per heavy atom. The molecule has 0 aliphatic heterocycles. The van der Waals surface area contributed by atoms with Gasteiger partial charge >= 0.3 is 5.97 Å². The van der Waals surface area contributed by atoms with Gasteiger partial charge in [-0.1, -0.05) is 28.6 Å². The molecule has 0 radical (unpaired) electrons. The zero-order valence-electron chi connectivity index (χ0n) is 9.22. The van der Waals surface area contributed by atoms with Crippen molar-refractivity contribution in [1.29, 1.82) is 0 Å². The summed E-state index contributed by atoms with van der Waals surface area (Å²) in [5.41, 5.74) is 14.1. The van der Waals surface area contributed by atoms with E-state index in [0.717, 1.165) is 0 Å². The van der Waals surface area contributed by atoms with Crippen LogP contribution in [0.4, 0.5) is 5.69 Å². The summed E-state index contributed by atoms with van der Waals surface area (Å²) in [7, 11) is 0. The van der Waals surface area contributed by atoms with Crippen LogP contribution in [0.3, 0.4) is 0 Å². The van der Waals surface area contributed by atoms with Crippen molar-refractivity contribution in [2.75, 3.05) is 12.3 Å². The van der Waals surface area contributed by atoms with Gasteiger partial charge < -0.3 is 10.8 Å². The van der Waals surface area contributed by atoms with E-state index in [0.29, 0.717) is 12.0 Å². The van der Waals surface area contributed by atoms with Crippen LogP contribution in [0.2, 0.25) is 5.02 Å². The summed E-state index contributed by atoms with van der Waals surface area (Å²) in [5, 5.41) is 12.5. The van der Waals surface area contributed by atoms with E-state index in [9.17, 15) is 4.79 Å². The normalized spacial score (nSPS) is 8.94. The number of rotatable bonds is 3. The lowest BCUT2D eigenvalue weighted by Gasteiger charge is -2.04. The zero-order valence-corrected chi connectivity index (χ0v) is 9.98. The lowest BCUT2D eigenvalue weighted by molar-refractivity contribution is 0.0698. The summed E-state index contributed by atoms with van der Waals surface area (Å²) in [5.74, 6) is 4.27. The first-order valence-electron chi connectivity index (χ1n) is 4.88. The Labute approximate surface area is 108 Å². The van der Waals surface area contributed by atoms with Gasteiger partial charge in [-0.15, -0.1) is 0 Å². The quantitative estimate of drug-likeness (QED) is 0.218.